The molecule has 0 aliphatic rings. The zero-order valence-corrected chi connectivity index (χ0v) is 10.2. The normalized spacial score (nSPS) is 9.50. The summed E-state index contributed by atoms with van der Waals surface area (Å²) >= 11 is 0. The van der Waals surface area contributed by atoms with Crippen molar-refractivity contribution in [3.63, 3.8) is 0 Å². The predicted molar refractivity (Wildman–Crippen MR) is 63.2 cm³/mol. The molecule has 0 spiro atoms. The van der Waals surface area contributed by atoms with Crippen LogP contribution in [0.25, 0.3) is 0 Å². The molecule has 0 saturated carbocycles. The highest BCUT2D eigenvalue weighted by molar-refractivity contribution is 5.26. The van der Waals surface area contributed by atoms with Gasteiger partial charge in [-0.05, 0) is 31.5 Å². The van der Waals surface area contributed by atoms with Gasteiger partial charge in [0.2, 0.25) is 0 Å². The smallest absolute Gasteiger partial charge is 0.277 e. The third-order valence-electron chi connectivity index (χ3n) is 2.12. The maximum absolute atomic E-state index is 5.53. The van der Waals surface area contributed by atoms with Gasteiger partial charge in [-0.1, -0.05) is 12.1 Å². The fourth-order valence-corrected chi connectivity index (χ4v) is 1.28. The van der Waals surface area contributed by atoms with Crippen molar-refractivity contribution in [1.29, 1.82) is 0 Å². The molecular weight excluding hydrogens is 204 g/mol. The van der Waals surface area contributed by atoms with Crippen LogP contribution in [0.15, 0.2) is 35.8 Å². The Morgan fingerprint density at radius 1 is 1.06 bits per heavy atom. The molecule has 0 aliphatic heterocycles. The quantitative estimate of drug-likeness (QED) is 0.716. The minimum Gasteiger partial charge on any atom is -0.497 e. The monoisotopic (exact) mass is 222 g/mol. The molecule has 16 heavy (non-hydrogen) atoms. The second kappa shape index (κ2) is 6.05. The molecule has 0 N–H and O–H groups in total. The third-order valence-corrected chi connectivity index (χ3v) is 2.12. The van der Waals surface area contributed by atoms with Gasteiger partial charge in [-0.15, -0.1) is 0 Å². The summed E-state index contributed by atoms with van der Waals surface area (Å²) in [5.41, 5.74) is 2.10. The minimum atomic E-state index is 0.498. The maximum atomic E-state index is 5.53. The predicted octanol–water partition coefficient (Wildman–Crippen LogP) is 3.11. The summed E-state index contributed by atoms with van der Waals surface area (Å²) in [7, 11) is 3.26. The van der Waals surface area contributed by atoms with Gasteiger partial charge in [0.05, 0.1) is 14.2 Å². The average Bonchev–Trinajstić information content (AvgIpc) is 2.30. The van der Waals surface area contributed by atoms with Crippen LogP contribution in [0, 0.1) is 0 Å². The zero-order valence-electron chi connectivity index (χ0n) is 10.2. The van der Waals surface area contributed by atoms with Crippen LogP contribution in [0.3, 0.4) is 0 Å². The molecule has 3 nitrogen and oxygen atoms in total. The van der Waals surface area contributed by atoms with E-state index in [2.05, 4.69) is 0 Å². The molecule has 0 amide bonds. The van der Waals surface area contributed by atoms with E-state index in [1.165, 1.54) is 0 Å². The van der Waals surface area contributed by atoms with Crippen LogP contribution in [0.5, 0.6) is 5.75 Å². The van der Waals surface area contributed by atoms with Gasteiger partial charge < -0.3 is 14.2 Å². The Morgan fingerprint density at radius 3 is 2.12 bits per heavy atom. The van der Waals surface area contributed by atoms with Gasteiger partial charge in [-0.25, -0.2) is 0 Å². The molecule has 1 aromatic rings. The topological polar surface area (TPSA) is 27.7 Å². The number of ether oxygens (including phenoxy) is 3. The van der Waals surface area contributed by atoms with E-state index in [1.54, 1.807) is 14.2 Å². The number of methoxy groups -OCH3 is 2. The SMILES string of the molecule is COC(OCc1ccc(OC)cc1)=C(C)C. The lowest BCUT2D eigenvalue weighted by Crippen LogP contribution is -1.98. The second-order valence-electron chi connectivity index (χ2n) is 3.63. The summed E-state index contributed by atoms with van der Waals surface area (Å²) in [4.78, 5) is 0. The van der Waals surface area contributed by atoms with E-state index < -0.39 is 0 Å². The number of hydrogen-bond acceptors (Lipinski definition) is 3. The fourth-order valence-electron chi connectivity index (χ4n) is 1.28. The lowest BCUT2D eigenvalue weighted by atomic mass is 10.2. The molecule has 0 fully saturated rings. The molecule has 0 saturated heterocycles. The number of benzene rings is 1. The highest BCUT2D eigenvalue weighted by Crippen LogP contribution is 2.14. The Labute approximate surface area is 96.6 Å². The van der Waals surface area contributed by atoms with Crippen molar-refractivity contribution in [3.05, 3.63) is 41.3 Å². The Balaban J connectivity index is 2.57. The van der Waals surface area contributed by atoms with Crippen LogP contribution >= 0.6 is 0 Å². The van der Waals surface area contributed by atoms with Crippen molar-refractivity contribution in [1.82, 2.24) is 0 Å². The van der Waals surface area contributed by atoms with E-state index in [9.17, 15) is 0 Å². The molecule has 88 valence electrons. The Bertz CT molecular complexity index is 348. The van der Waals surface area contributed by atoms with Crippen LogP contribution < -0.4 is 4.74 Å². The van der Waals surface area contributed by atoms with Crippen LogP contribution in [-0.4, -0.2) is 14.2 Å². The van der Waals surface area contributed by atoms with Gasteiger partial charge in [-0.3, -0.25) is 0 Å². The highest BCUT2D eigenvalue weighted by Gasteiger charge is 2.01. The van der Waals surface area contributed by atoms with E-state index in [-0.39, 0.29) is 0 Å². The van der Waals surface area contributed by atoms with Crippen LogP contribution in [0.2, 0.25) is 0 Å². The standard InChI is InChI=1S/C13H18O3/c1-10(2)13(15-4)16-9-11-5-7-12(14-3)8-6-11/h5-8H,9H2,1-4H3. The molecule has 0 aliphatic carbocycles. The van der Waals surface area contributed by atoms with Crippen LogP contribution in [0.1, 0.15) is 19.4 Å². The zero-order chi connectivity index (χ0) is 12.0. The van der Waals surface area contributed by atoms with E-state index in [0.29, 0.717) is 12.6 Å². The van der Waals surface area contributed by atoms with Crippen molar-refractivity contribution < 1.29 is 14.2 Å². The Kier molecular flexibility index (Phi) is 4.70. The van der Waals surface area contributed by atoms with Crippen molar-refractivity contribution in [2.24, 2.45) is 0 Å². The van der Waals surface area contributed by atoms with Gasteiger partial charge in [0, 0.05) is 5.57 Å². The first kappa shape index (κ1) is 12.4. The van der Waals surface area contributed by atoms with Crippen molar-refractivity contribution in [3.8, 4) is 5.75 Å². The largest absolute Gasteiger partial charge is 0.497 e. The molecule has 0 radical (unpaired) electrons. The minimum absolute atomic E-state index is 0.498. The van der Waals surface area contributed by atoms with Gasteiger partial charge in [0.1, 0.15) is 12.4 Å². The number of rotatable bonds is 5. The van der Waals surface area contributed by atoms with Gasteiger partial charge in [0.25, 0.3) is 5.95 Å². The molecule has 0 unspecified atom stereocenters. The Hall–Kier alpha value is -1.64. The van der Waals surface area contributed by atoms with Crippen molar-refractivity contribution in [2.75, 3.05) is 14.2 Å². The lowest BCUT2D eigenvalue weighted by Gasteiger charge is -2.10. The molecule has 3 heteroatoms. The second-order valence-corrected chi connectivity index (χ2v) is 3.63. The molecule has 1 aromatic carbocycles. The van der Waals surface area contributed by atoms with Crippen molar-refractivity contribution >= 4 is 0 Å². The summed E-state index contributed by atoms with van der Waals surface area (Å²) in [5, 5.41) is 0. The maximum Gasteiger partial charge on any atom is 0.277 e. The third kappa shape index (κ3) is 3.50. The molecule has 0 heterocycles. The Morgan fingerprint density at radius 2 is 1.69 bits per heavy atom. The summed E-state index contributed by atoms with van der Waals surface area (Å²) in [6.45, 7) is 4.40. The van der Waals surface area contributed by atoms with Gasteiger partial charge in [-0.2, -0.15) is 0 Å². The molecular formula is C13H18O3. The van der Waals surface area contributed by atoms with E-state index >= 15 is 0 Å². The first-order valence-electron chi connectivity index (χ1n) is 5.14. The fraction of sp³-hybridized carbons (Fsp3) is 0.385. The molecule has 1 rings (SSSR count). The summed E-state index contributed by atoms with van der Waals surface area (Å²) < 4.78 is 15.7. The van der Waals surface area contributed by atoms with E-state index in [1.807, 2.05) is 38.1 Å². The van der Waals surface area contributed by atoms with Gasteiger partial charge >= 0.3 is 0 Å². The summed E-state index contributed by atoms with van der Waals surface area (Å²) in [5.74, 6) is 1.42. The van der Waals surface area contributed by atoms with Crippen LogP contribution in [-0.2, 0) is 16.1 Å². The highest BCUT2D eigenvalue weighted by atomic mass is 16.7. The molecule has 0 bridgehead atoms. The van der Waals surface area contributed by atoms with Crippen LogP contribution in [0.4, 0.5) is 0 Å². The van der Waals surface area contributed by atoms with Crippen molar-refractivity contribution in [2.45, 2.75) is 20.5 Å². The first-order chi connectivity index (χ1) is 7.67. The molecule has 0 atom stereocenters. The lowest BCUT2D eigenvalue weighted by molar-refractivity contribution is 0.0490. The summed E-state index contributed by atoms with van der Waals surface area (Å²) in [6.07, 6.45) is 0. The number of hydrogen-bond donors (Lipinski definition) is 0. The summed E-state index contributed by atoms with van der Waals surface area (Å²) in [6, 6.07) is 7.76. The first-order valence-corrected chi connectivity index (χ1v) is 5.14. The van der Waals surface area contributed by atoms with Gasteiger partial charge in [0.15, 0.2) is 0 Å². The average molecular weight is 222 g/mol. The van der Waals surface area contributed by atoms with E-state index in [4.69, 9.17) is 14.2 Å². The number of allylic oxidation sites excluding steroid dienone is 1. The van der Waals surface area contributed by atoms with E-state index in [0.717, 1.165) is 16.9 Å². The molecule has 0 aromatic heterocycles.